The zero-order valence-corrected chi connectivity index (χ0v) is 28.2. The van der Waals surface area contributed by atoms with E-state index in [1.54, 1.807) is 0 Å². The number of rotatable bonds is 2. The zero-order valence-electron chi connectivity index (χ0n) is 28.2. The molecule has 2 aliphatic rings. The van der Waals surface area contributed by atoms with Gasteiger partial charge in [-0.25, -0.2) is 13.6 Å². The summed E-state index contributed by atoms with van der Waals surface area (Å²) in [5.74, 6) is 0. The molecule has 0 N–H and O–H groups in total. The lowest BCUT2D eigenvalue weighted by atomic mass is 9.30. The van der Waals surface area contributed by atoms with Gasteiger partial charge in [0.1, 0.15) is 22.4 Å². The predicted molar refractivity (Wildman–Crippen MR) is 200 cm³/mol. The van der Waals surface area contributed by atoms with E-state index in [4.69, 9.17) is 4.42 Å². The molecule has 0 saturated carbocycles. The Morgan fingerprint density at radius 2 is 1.26 bits per heavy atom. The van der Waals surface area contributed by atoms with Crippen molar-refractivity contribution in [1.29, 1.82) is 0 Å². The largest absolute Gasteiger partial charge is 0.454 e. The quantitative estimate of drug-likeness (QED) is 0.202. The Hall–Kier alpha value is -4.64. The molecule has 0 saturated heterocycles. The molecule has 0 bridgehead atoms. The lowest BCUT2D eigenvalue weighted by Crippen LogP contribution is -2.59. The van der Waals surface area contributed by atoms with E-state index in [2.05, 4.69) is 114 Å². The van der Waals surface area contributed by atoms with Crippen LogP contribution in [0.3, 0.4) is 0 Å². The van der Waals surface area contributed by atoms with Crippen LogP contribution in [0.25, 0.3) is 60.7 Å². The van der Waals surface area contributed by atoms with Gasteiger partial charge in [0.15, 0.2) is 5.58 Å². The maximum atomic E-state index is 15.3. The van der Waals surface area contributed by atoms with Gasteiger partial charge in [-0.15, -0.1) is 0 Å². The van der Waals surface area contributed by atoms with Crippen molar-refractivity contribution in [3.05, 3.63) is 88.8 Å². The normalized spacial score (nSPS) is 14.4. The molecule has 2 aliphatic heterocycles. The number of para-hydroxylation sites is 2. The Bertz CT molecular complexity index is 2760. The molecule has 10 rings (SSSR count). The molecule has 5 nitrogen and oxygen atoms in total. The van der Waals surface area contributed by atoms with Gasteiger partial charge in [-0.1, -0.05) is 125 Å². The van der Waals surface area contributed by atoms with Gasteiger partial charge in [-0.05, 0) is 52.3 Å². The molecule has 0 fully saturated rings. The maximum Gasteiger partial charge on any atom is 0.340 e. The van der Waals surface area contributed by atoms with Crippen LogP contribution in [0.15, 0.2) is 82.0 Å². The minimum atomic E-state index is -0.0269. The van der Waals surface area contributed by atoms with E-state index in [0.717, 1.165) is 62.3 Å². The van der Waals surface area contributed by atoms with Crippen molar-refractivity contribution in [3.8, 4) is 5.69 Å². The molecule has 7 heteroatoms. The lowest BCUT2D eigenvalue weighted by Gasteiger charge is -2.37. The maximum absolute atomic E-state index is 15.3. The molecule has 0 aliphatic carbocycles. The smallest absolute Gasteiger partial charge is 0.340 e. The number of fused-ring (bicyclic) bond motifs is 10. The fraction of sp³-hybridized carbons (Fsp3) is 0.275. The topological polar surface area (TPSA) is 44.0 Å². The molecule has 0 unspecified atom stereocenters. The Kier molecular flexibility index (Phi) is 5.04. The van der Waals surface area contributed by atoms with Gasteiger partial charge < -0.3 is 4.42 Å². The molecule has 6 heterocycles. The highest BCUT2D eigenvalue weighted by Gasteiger charge is 2.45. The van der Waals surface area contributed by atoms with Crippen molar-refractivity contribution < 1.29 is 4.42 Å². The molecule has 4 aromatic heterocycles. The van der Waals surface area contributed by atoms with Crippen molar-refractivity contribution in [2.45, 2.75) is 61.1 Å². The third-order valence-electron chi connectivity index (χ3n) is 10.8. The highest BCUT2D eigenvalue weighted by atomic mass is 16.3. The van der Waals surface area contributed by atoms with Crippen LogP contribution in [0.2, 0.25) is 12.6 Å². The SMILES string of the molecule is Cc1cc2c3c(c1)B(CC(C)(C)C)c1c4ccc5c6ccccc6oc5c4n4c(=O)n5c6ccccc6c(c5n-3c14)B2CC(C)(C)C. The molecular weight excluding hydrogens is 576 g/mol. The molecule has 4 aromatic carbocycles. The summed E-state index contributed by atoms with van der Waals surface area (Å²) >= 11 is 0. The first kappa shape index (κ1) is 27.5. The molecule has 230 valence electrons. The number of aromatic nitrogens is 3. The van der Waals surface area contributed by atoms with Crippen LogP contribution in [0.1, 0.15) is 47.1 Å². The second kappa shape index (κ2) is 8.63. The van der Waals surface area contributed by atoms with E-state index in [0.29, 0.717) is 0 Å². The molecule has 0 radical (unpaired) electrons. The summed E-state index contributed by atoms with van der Waals surface area (Å²) in [7, 11) is 0. The van der Waals surface area contributed by atoms with Gasteiger partial charge in [0.2, 0.25) is 13.4 Å². The summed E-state index contributed by atoms with van der Waals surface area (Å²) in [5.41, 5.74) is 13.5. The average molecular weight is 613 g/mol. The highest BCUT2D eigenvalue weighted by molar-refractivity contribution is 6.94. The third kappa shape index (κ3) is 3.45. The average Bonchev–Trinajstić information content (AvgIpc) is 3.66. The zero-order chi connectivity index (χ0) is 32.3. The molecule has 8 aromatic rings. The summed E-state index contributed by atoms with van der Waals surface area (Å²) < 4.78 is 13.2. The fourth-order valence-electron chi connectivity index (χ4n) is 9.32. The van der Waals surface area contributed by atoms with E-state index in [9.17, 15) is 0 Å². The molecule has 0 amide bonds. The molecule has 47 heavy (non-hydrogen) atoms. The van der Waals surface area contributed by atoms with Crippen molar-refractivity contribution in [2.24, 2.45) is 10.8 Å². The molecule has 0 spiro atoms. The van der Waals surface area contributed by atoms with Gasteiger partial charge in [0.25, 0.3) is 0 Å². The first-order valence-corrected chi connectivity index (χ1v) is 17.0. The number of furan rings is 1. The van der Waals surface area contributed by atoms with Crippen LogP contribution in [-0.2, 0) is 0 Å². The fourth-order valence-corrected chi connectivity index (χ4v) is 9.32. The van der Waals surface area contributed by atoms with E-state index >= 15 is 4.79 Å². The van der Waals surface area contributed by atoms with Crippen LogP contribution >= 0.6 is 0 Å². The lowest BCUT2D eigenvalue weighted by molar-refractivity contribution is 0.466. The number of hydrogen-bond acceptors (Lipinski definition) is 2. The van der Waals surface area contributed by atoms with Crippen molar-refractivity contribution in [2.75, 3.05) is 0 Å². The van der Waals surface area contributed by atoms with Gasteiger partial charge in [0.05, 0.1) is 5.52 Å². The minimum absolute atomic E-state index is 0.0269. The van der Waals surface area contributed by atoms with Crippen LogP contribution in [0.4, 0.5) is 0 Å². The van der Waals surface area contributed by atoms with Gasteiger partial charge in [-0.3, -0.25) is 4.57 Å². The van der Waals surface area contributed by atoms with Crippen LogP contribution in [0, 0.1) is 17.8 Å². The van der Waals surface area contributed by atoms with Crippen LogP contribution in [0.5, 0.6) is 0 Å². The molecule has 0 atom stereocenters. The highest BCUT2D eigenvalue weighted by Crippen LogP contribution is 2.39. The van der Waals surface area contributed by atoms with Crippen molar-refractivity contribution in [1.82, 2.24) is 13.4 Å². The summed E-state index contributed by atoms with van der Waals surface area (Å²) in [6.07, 6.45) is 1.96. The van der Waals surface area contributed by atoms with E-state index in [-0.39, 0.29) is 29.9 Å². The van der Waals surface area contributed by atoms with Crippen LogP contribution in [-0.4, -0.2) is 26.8 Å². The second-order valence-electron chi connectivity index (χ2n) is 16.6. The second-order valence-corrected chi connectivity index (χ2v) is 16.6. The first-order valence-electron chi connectivity index (χ1n) is 17.0. The Balaban J connectivity index is 1.53. The van der Waals surface area contributed by atoms with Crippen molar-refractivity contribution >= 4 is 90.3 Å². The van der Waals surface area contributed by atoms with Gasteiger partial charge >= 0.3 is 5.69 Å². The van der Waals surface area contributed by atoms with E-state index in [1.807, 2.05) is 20.9 Å². The number of benzene rings is 4. The van der Waals surface area contributed by atoms with Crippen molar-refractivity contribution in [3.63, 3.8) is 0 Å². The van der Waals surface area contributed by atoms with E-state index < -0.39 is 0 Å². The Labute approximate surface area is 273 Å². The summed E-state index contributed by atoms with van der Waals surface area (Å²) in [4.78, 5) is 15.3. The summed E-state index contributed by atoms with van der Waals surface area (Å²) in [5, 5.41) is 4.39. The Morgan fingerprint density at radius 1 is 0.681 bits per heavy atom. The van der Waals surface area contributed by atoms with Gasteiger partial charge in [0, 0.05) is 21.8 Å². The van der Waals surface area contributed by atoms with E-state index in [1.165, 1.54) is 38.5 Å². The monoisotopic (exact) mass is 613 g/mol. The predicted octanol–water partition coefficient (Wildman–Crippen LogP) is 6.79. The summed E-state index contributed by atoms with van der Waals surface area (Å²) in [6.45, 7) is 16.6. The van der Waals surface area contributed by atoms with Gasteiger partial charge in [-0.2, -0.15) is 0 Å². The minimum Gasteiger partial charge on any atom is -0.454 e. The number of aryl methyl sites for hydroxylation is 1. The van der Waals surface area contributed by atoms with Crippen LogP contribution < -0.4 is 27.5 Å². The number of hydrogen-bond donors (Lipinski definition) is 0. The first-order chi connectivity index (χ1) is 22.4. The summed E-state index contributed by atoms with van der Waals surface area (Å²) in [6, 6.07) is 26.1. The standard InChI is InChI=1S/C40H37B2N3O2/c1-22-18-27-34-28(19-22)42(21-40(5,6)7)32-26-17-16-24-23-12-9-11-15-30(23)47-35(24)33(26)45-37(32)44(34)36-31(41(27)20-39(2,3)4)25-13-8-10-14-29(25)43(36)38(45)46/h8-19H,20-21H2,1-7H3. The number of nitrogens with zero attached hydrogens (tertiary/aromatic N) is 3. The Morgan fingerprint density at radius 3 is 1.94 bits per heavy atom. The third-order valence-corrected chi connectivity index (χ3v) is 10.8. The molecular formula is C40H37B2N3O2.